The van der Waals surface area contributed by atoms with Gasteiger partial charge < -0.3 is 25.2 Å². The molecule has 0 aliphatic carbocycles. The first-order chi connectivity index (χ1) is 17.7. The number of thiazole rings is 1. The number of hydrogen-bond donors (Lipinski definition) is 2. The Kier molecular flexibility index (Phi) is 8.53. The molecule has 1 aromatic heterocycles. The fourth-order valence-electron chi connectivity index (χ4n) is 4.47. The molecule has 200 valence electrons. The lowest BCUT2D eigenvalue weighted by Crippen LogP contribution is -2.45. The molecule has 0 bridgehead atoms. The maximum Gasteiger partial charge on any atom is 0.416 e. The van der Waals surface area contributed by atoms with E-state index in [0.29, 0.717) is 23.9 Å². The van der Waals surface area contributed by atoms with Gasteiger partial charge in [0.1, 0.15) is 12.2 Å². The van der Waals surface area contributed by atoms with Crippen molar-refractivity contribution in [2.45, 2.75) is 37.8 Å². The van der Waals surface area contributed by atoms with Gasteiger partial charge in [0.05, 0.1) is 29.1 Å². The summed E-state index contributed by atoms with van der Waals surface area (Å²) in [5.74, 6) is -0.795. The molecule has 4 rings (SSSR count). The summed E-state index contributed by atoms with van der Waals surface area (Å²) in [5.41, 5.74) is 0.0916. The molecule has 8 nitrogen and oxygen atoms in total. The number of amides is 1. The van der Waals surface area contributed by atoms with Crippen molar-refractivity contribution >= 4 is 51.9 Å². The van der Waals surface area contributed by atoms with Gasteiger partial charge in [0.25, 0.3) is 5.91 Å². The van der Waals surface area contributed by atoms with Gasteiger partial charge in [0, 0.05) is 37.5 Å². The number of esters is 1. The summed E-state index contributed by atoms with van der Waals surface area (Å²) in [6.45, 7) is 2.81. The van der Waals surface area contributed by atoms with Crippen LogP contribution in [0.25, 0.3) is 0 Å². The molecule has 3 heterocycles. The Hall–Kier alpha value is -2.93. The Morgan fingerprint density at radius 1 is 1.19 bits per heavy atom. The number of halogens is 3. The number of aromatic nitrogens is 1. The molecule has 37 heavy (non-hydrogen) atoms. The van der Waals surface area contributed by atoms with Crippen LogP contribution in [0.2, 0.25) is 0 Å². The number of nitrogens with one attached hydrogen (secondary N) is 2. The summed E-state index contributed by atoms with van der Waals surface area (Å²) >= 11 is 6.71. The highest BCUT2D eigenvalue weighted by Gasteiger charge is 2.32. The first-order valence-corrected chi connectivity index (χ1v) is 13.3. The maximum atomic E-state index is 13.3. The van der Waals surface area contributed by atoms with Crippen molar-refractivity contribution in [3.63, 3.8) is 0 Å². The molecule has 2 aromatic rings. The Morgan fingerprint density at radius 2 is 1.89 bits per heavy atom. The molecule has 13 heteroatoms. The van der Waals surface area contributed by atoms with Gasteiger partial charge in [-0.2, -0.15) is 13.2 Å². The van der Waals surface area contributed by atoms with E-state index in [0.717, 1.165) is 55.9 Å². The maximum absolute atomic E-state index is 13.3. The van der Waals surface area contributed by atoms with Gasteiger partial charge in [0.15, 0.2) is 5.11 Å². The predicted molar refractivity (Wildman–Crippen MR) is 139 cm³/mol. The minimum atomic E-state index is -4.51. The van der Waals surface area contributed by atoms with E-state index >= 15 is 0 Å². The Labute approximate surface area is 222 Å². The zero-order chi connectivity index (χ0) is 26.6. The third kappa shape index (κ3) is 6.69. The van der Waals surface area contributed by atoms with Crippen molar-refractivity contribution in [2.24, 2.45) is 0 Å². The van der Waals surface area contributed by atoms with Crippen molar-refractivity contribution < 1.29 is 27.5 Å². The number of ether oxygens (including phenoxy) is 1. The molecule has 2 aliphatic heterocycles. The number of benzene rings is 1. The van der Waals surface area contributed by atoms with Crippen LogP contribution < -0.4 is 15.5 Å². The van der Waals surface area contributed by atoms with Crippen LogP contribution in [-0.2, 0) is 15.7 Å². The van der Waals surface area contributed by atoms with Gasteiger partial charge in [-0.15, -0.1) is 11.3 Å². The predicted octanol–water partition coefficient (Wildman–Crippen LogP) is 4.24. The molecule has 1 aromatic carbocycles. The lowest BCUT2D eigenvalue weighted by atomic mass is 9.98. The van der Waals surface area contributed by atoms with E-state index < -0.39 is 23.6 Å². The second-order valence-corrected chi connectivity index (χ2v) is 10.2. The van der Waals surface area contributed by atoms with Crippen molar-refractivity contribution in [3.05, 3.63) is 39.8 Å². The van der Waals surface area contributed by atoms with Crippen LogP contribution in [0.15, 0.2) is 23.6 Å². The van der Waals surface area contributed by atoms with Gasteiger partial charge >= 0.3 is 12.1 Å². The molecular weight excluding hydrogens is 527 g/mol. The SMILES string of the molecule is COC(=O)CNC(=S)N1CCC(c2nc(C(=O)Nc3cc(C(F)(F)F)ccc3N3CCCC3)cs2)CC1. The molecule has 0 radical (unpaired) electrons. The number of alkyl halides is 3. The number of nitrogens with zero attached hydrogens (tertiary/aromatic N) is 3. The van der Waals surface area contributed by atoms with E-state index in [9.17, 15) is 22.8 Å². The van der Waals surface area contributed by atoms with E-state index in [4.69, 9.17) is 12.2 Å². The third-order valence-corrected chi connectivity index (χ3v) is 7.93. The largest absolute Gasteiger partial charge is 0.468 e. The third-order valence-electron chi connectivity index (χ3n) is 6.52. The monoisotopic (exact) mass is 555 g/mol. The molecule has 2 fully saturated rings. The van der Waals surface area contributed by atoms with E-state index in [1.165, 1.54) is 24.5 Å². The molecular formula is C24H28F3N5O3S2. The number of rotatable bonds is 6. The van der Waals surface area contributed by atoms with E-state index in [1.54, 1.807) is 5.38 Å². The zero-order valence-corrected chi connectivity index (χ0v) is 21.9. The zero-order valence-electron chi connectivity index (χ0n) is 20.3. The van der Waals surface area contributed by atoms with Crippen molar-refractivity contribution in [1.82, 2.24) is 15.2 Å². The number of thiocarbonyl (C=S) groups is 1. The average molecular weight is 556 g/mol. The van der Waals surface area contributed by atoms with Crippen LogP contribution in [0.4, 0.5) is 24.5 Å². The summed E-state index contributed by atoms with van der Waals surface area (Å²) in [7, 11) is 1.31. The molecule has 2 saturated heterocycles. The van der Waals surface area contributed by atoms with Crippen LogP contribution in [0.1, 0.15) is 52.7 Å². The summed E-state index contributed by atoms with van der Waals surface area (Å²) < 4.78 is 44.6. The summed E-state index contributed by atoms with van der Waals surface area (Å²) in [5, 5.41) is 8.49. The molecule has 2 N–H and O–H groups in total. The molecule has 0 unspecified atom stereocenters. The first-order valence-electron chi connectivity index (χ1n) is 12.0. The Bertz CT molecular complexity index is 1140. The molecule has 0 saturated carbocycles. The number of likely N-dealkylation sites (tertiary alicyclic amines) is 1. The lowest BCUT2D eigenvalue weighted by Gasteiger charge is -2.33. The molecule has 2 aliphatic rings. The van der Waals surface area contributed by atoms with Gasteiger partial charge in [-0.25, -0.2) is 4.98 Å². The highest BCUT2D eigenvalue weighted by Crippen LogP contribution is 2.37. The Morgan fingerprint density at radius 3 is 2.54 bits per heavy atom. The number of anilines is 2. The first kappa shape index (κ1) is 27.1. The van der Waals surface area contributed by atoms with Crippen molar-refractivity contribution in [1.29, 1.82) is 0 Å². The Balaban J connectivity index is 1.40. The average Bonchev–Trinajstić information content (AvgIpc) is 3.59. The van der Waals surface area contributed by atoms with E-state index in [2.05, 4.69) is 20.4 Å². The fourth-order valence-corrected chi connectivity index (χ4v) is 5.70. The molecule has 0 atom stereocenters. The second-order valence-electron chi connectivity index (χ2n) is 8.95. The van der Waals surface area contributed by atoms with Gasteiger partial charge in [-0.3, -0.25) is 9.59 Å². The summed E-state index contributed by atoms with van der Waals surface area (Å²) in [6, 6.07) is 3.47. The minimum Gasteiger partial charge on any atom is -0.468 e. The van der Waals surface area contributed by atoms with E-state index in [-0.39, 0.29) is 23.8 Å². The van der Waals surface area contributed by atoms with Gasteiger partial charge in [-0.1, -0.05) is 0 Å². The lowest BCUT2D eigenvalue weighted by molar-refractivity contribution is -0.139. The second kappa shape index (κ2) is 11.6. The highest BCUT2D eigenvalue weighted by atomic mass is 32.1. The summed E-state index contributed by atoms with van der Waals surface area (Å²) in [4.78, 5) is 32.8. The molecule has 0 spiro atoms. The number of hydrogen-bond acceptors (Lipinski definition) is 7. The van der Waals surface area contributed by atoms with Crippen molar-refractivity contribution in [3.8, 4) is 0 Å². The van der Waals surface area contributed by atoms with E-state index in [1.807, 2.05) is 9.80 Å². The normalized spacial score (nSPS) is 16.5. The van der Waals surface area contributed by atoms with Crippen LogP contribution in [0, 0.1) is 0 Å². The van der Waals surface area contributed by atoms with Gasteiger partial charge in [-0.05, 0) is 56.1 Å². The fraction of sp³-hybridized carbons (Fsp3) is 0.500. The molecule has 1 amide bonds. The number of carbonyl (C=O) groups is 2. The minimum absolute atomic E-state index is 0.00552. The van der Waals surface area contributed by atoms with Crippen LogP contribution >= 0.6 is 23.6 Å². The topological polar surface area (TPSA) is 86.8 Å². The van der Waals surface area contributed by atoms with Gasteiger partial charge in [0.2, 0.25) is 0 Å². The van der Waals surface area contributed by atoms with Crippen LogP contribution in [0.5, 0.6) is 0 Å². The van der Waals surface area contributed by atoms with Crippen LogP contribution in [0.3, 0.4) is 0 Å². The van der Waals surface area contributed by atoms with Crippen molar-refractivity contribution in [2.75, 3.05) is 50.1 Å². The smallest absolute Gasteiger partial charge is 0.416 e. The number of methoxy groups -OCH3 is 1. The highest BCUT2D eigenvalue weighted by molar-refractivity contribution is 7.80. The number of piperidine rings is 1. The standard InChI is InChI=1S/C24H28F3N5O3S2/c1-35-20(33)13-28-23(36)32-10-6-15(7-11-32)22-30-18(14-37-22)21(34)29-17-12-16(24(25,26)27)4-5-19(17)31-8-2-3-9-31/h4-5,12,14-15H,2-3,6-11,13H2,1H3,(H,28,36)(H,29,34). The summed E-state index contributed by atoms with van der Waals surface area (Å²) in [6.07, 6.45) is -1.07. The number of carbonyl (C=O) groups excluding carboxylic acids is 2. The quantitative estimate of drug-likeness (QED) is 0.405. The van der Waals surface area contributed by atoms with Crippen LogP contribution in [-0.4, -0.2) is 66.7 Å².